The van der Waals surface area contributed by atoms with Crippen molar-refractivity contribution in [3.63, 3.8) is 0 Å². The van der Waals surface area contributed by atoms with E-state index in [-0.39, 0.29) is 59.1 Å². The molecule has 96 valence electrons. The second-order valence-corrected chi connectivity index (χ2v) is 3.77. The molecular weight excluding hydrogens is 298 g/mol. The van der Waals surface area contributed by atoms with Crippen LogP contribution in [-0.4, -0.2) is 35.5 Å². The third kappa shape index (κ3) is 19.9. The van der Waals surface area contributed by atoms with Gasteiger partial charge in [0.1, 0.15) is 0 Å². The molecule has 0 amide bonds. The van der Waals surface area contributed by atoms with E-state index in [4.69, 9.17) is 11.5 Å². The summed E-state index contributed by atoms with van der Waals surface area (Å²) in [7, 11) is 0. The average Bonchev–Trinajstić information content (AvgIpc) is 2.19. The Morgan fingerprint density at radius 2 is 1.11 bits per heavy atom. The number of nitrogens with two attached hydrogens (primary N) is 2. The summed E-state index contributed by atoms with van der Waals surface area (Å²) < 4.78 is 0. The standard InChI is InChI=1S/2C4H9NO2S.2Na/c2*5-3(1-2-8)4(6)7;;/h2*3,8H,1-2,5H2,(H,6,7);;/q;;2*+1/p-2. The molecule has 18 heavy (non-hydrogen) atoms. The summed E-state index contributed by atoms with van der Waals surface area (Å²) >= 11 is 7.57. The maximum Gasteiger partial charge on any atom is 1.00 e. The number of aliphatic carboxylic acids is 2. The smallest absolute Gasteiger partial charge is 0.548 e. The van der Waals surface area contributed by atoms with Crippen molar-refractivity contribution in [2.24, 2.45) is 11.5 Å². The normalized spacial score (nSPS) is 11.8. The van der Waals surface area contributed by atoms with E-state index in [1.165, 1.54) is 0 Å². The molecule has 0 rings (SSSR count). The van der Waals surface area contributed by atoms with Gasteiger partial charge in [0.2, 0.25) is 0 Å². The molecule has 0 aliphatic rings. The van der Waals surface area contributed by atoms with Gasteiger partial charge in [-0.05, 0) is 24.3 Å². The predicted molar refractivity (Wildman–Crippen MR) is 62.9 cm³/mol. The number of rotatable bonds is 6. The summed E-state index contributed by atoms with van der Waals surface area (Å²) in [5.74, 6) is -1.46. The van der Waals surface area contributed by atoms with Crippen LogP contribution in [0.15, 0.2) is 0 Å². The molecule has 0 aliphatic heterocycles. The number of thiol groups is 2. The molecule has 0 aliphatic carbocycles. The zero-order chi connectivity index (χ0) is 13.1. The van der Waals surface area contributed by atoms with Gasteiger partial charge in [-0.2, -0.15) is 25.3 Å². The van der Waals surface area contributed by atoms with Gasteiger partial charge < -0.3 is 31.3 Å². The van der Waals surface area contributed by atoms with Crippen molar-refractivity contribution in [2.75, 3.05) is 11.5 Å². The Morgan fingerprint density at radius 3 is 1.17 bits per heavy atom. The molecule has 2 atom stereocenters. The van der Waals surface area contributed by atoms with Crippen LogP contribution in [0.25, 0.3) is 0 Å². The molecular formula is C8H16N2Na2O4S2. The van der Waals surface area contributed by atoms with Crippen LogP contribution < -0.4 is 80.8 Å². The Hall–Kier alpha value is 1.56. The summed E-state index contributed by atoms with van der Waals surface area (Å²) in [6, 6.07) is -1.71. The van der Waals surface area contributed by atoms with Crippen LogP contribution in [0.4, 0.5) is 0 Å². The fourth-order valence-electron chi connectivity index (χ4n) is 0.514. The van der Waals surface area contributed by atoms with E-state index < -0.39 is 24.0 Å². The Labute approximate surface area is 162 Å². The first-order valence-electron chi connectivity index (χ1n) is 4.51. The number of hydrogen-bond acceptors (Lipinski definition) is 8. The van der Waals surface area contributed by atoms with Crippen LogP contribution in [0.1, 0.15) is 12.8 Å². The summed E-state index contributed by atoms with van der Waals surface area (Å²) in [6.45, 7) is 0. The van der Waals surface area contributed by atoms with Crippen LogP contribution in [-0.2, 0) is 9.59 Å². The fourth-order valence-corrected chi connectivity index (χ4v) is 1.07. The largest absolute Gasteiger partial charge is 1.00 e. The quantitative estimate of drug-likeness (QED) is 0.284. The van der Waals surface area contributed by atoms with Gasteiger partial charge in [-0.25, -0.2) is 0 Å². The number of carboxylic acid groups (broad SMARTS) is 2. The fraction of sp³-hybridized carbons (Fsp3) is 0.750. The summed E-state index contributed by atoms with van der Waals surface area (Å²) in [4.78, 5) is 19.6. The predicted octanol–water partition coefficient (Wildman–Crippen LogP) is -9.23. The first-order chi connectivity index (χ1) is 7.36. The minimum atomic E-state index is -1.21. The van der Waals surface area contributed by atoms with Crippen molar-refractivity contribution in [3.05, 3.63) is 0 Å². The van der Waals surface area contributed by atoms with Gasteiger partial charge in [0.15, 0.2) is 0 Å². The van der Waals surface area contributed by atoms with E-state index in [9.17, 15) is 19.8 Å². The molecule has 0 aromatic carbocycles. The molecule has 0 radical (unpaired) electrons. The van der Waals surface area contributed by atoms with E-state index in [2.05, 4.69) is 25.3 Å². The molecule has 4 N–H and O–H groups in total. The summed E-state index contributed by atoms with van der Waals surface area (Å²) in [5, 5.41) is 19.6. The van der Waals surface area contributed by atoms with Crippen LogP contribution in [0.3, 0.4) is 0 Å². The zero-order valence-corrected chi connectivity index (χ0v) is 16.5. The van der Waals surface area contributed by atoms with Crippen LogP contribution in [0.2, 0.25) is 0 Å². The van der Waals surface area contributed by atoms with Crippen molar-refractivity contribution in [1.82, 2.24) is 0 Å². The molecule has 0 bridgehead atoms. The molecule has 0 saturated heterocycles. The molecule has 0 heterocycles. The molecule has 0 aromatic rings. The van der Waals surface area contributed by atoms with Gasteiger partial charge in [-0.3, -0.25) is 0 Å². The van der Waals surface area contributed by atoms with E-state index in [1.807, 2.05) is 0 Å². The molecule has 0 spiro atoms. The molecule has 6 nitrogen and oxygen atoms in total. The van der Waals surface area contributed by atoms with E-state index in [0.29, 0.717) is 24.3 Å². The van der Waals surface area contributed by atoms with Crippen molar-refractivity contribution < 1.29 is 78.9 Å². The molecule has 0 saturated carbocycles. The van der Waals surface area contributed by atoms with Crippen molar-refractivity contribution in [2.45, 2.75) is 24.9 Å². The topological polar surface area (TPSA) is 132 Å². The van der Waals surface area contributed by atoms with Crippen LogP contribution >= 0.6 is 25.3 Å². The third-order valence-corrected chi connectivity index (χ3v) is 2.00. The minimum absolute atomic E-state index is 0. The van der Waals surface area contributed by atoms with Gasteiger partial charge in [0.05, 0.1) is 11.9 Å². The first kappa shape index (κ1) is 27.8. The molecule has 0 fully saturated rings. The minimum Gasteiger partial charge on any atom is -0.548 e. The molecule has 10 heteroatoms. The van der Waals surface area contributed by atoms with Crippen molar-refractivity contribution in [1.29, 1.82) is 0 Å². The van der Waals surface area contributed by atoms with Crippen LogP contribution in [0.5, 0.6) is 0 Å². The number of hydrogen-bond donors (Lipinski definition) is 4. The Morgan fingerprint density at radius 1 is 0.889 bits per heavy atom. The van der Waals surface area contributed by atoms with Gasteiger partial charge in [-0.15, -0.1) is 0 Å². The average molecular weight is 314 g/mol. The van der Waals surface area contributed by atoms with E-state index in [0.717, 1.165) is 0 Å². The Balaban J connectivity index is -0.0000000980. The van der Waals surface area contributed by atoms with Gasteiger partial charge in [0.25, 0.3) is 0 Å². The zero-order valence-electron chi connectivity index (χ0n) is 10.7. The van der Waals surface area contributed by atoms with Gasteiger partial charge >= 0.3 is 59.1 Å². The number of carbonyl (C=O) groups is 2. The monoisotopic (exact) mass is 314 g/mol. The van der Waals surface area contributed by atoms with Crippen molar-refractivity contribution >= 4 is 37.2 Å². The van der Waals surface area contributed by atoms with E-state index in [1.54, 1.807) is 0 Å². The number of carboxylic acids is 2. The number of carbonyl (C=O) groups excluding carboxylic acids is 2. The van der Waals surface area contributed by atoms with Crippen LogP contribution in [0, 0.1) is 0 Å². The first-order valence-corrected chi connectivity index (χ1v) is 5.77. The maximum atomic E-state index is 9.82. The molecule has 2 unspecified atom stereocenters. The third-order valence-electron chi connectivity index (χ3n) is 1.49. The second-order valence-electron chi connectivity index (χ2n) is 2.88. The van der Waals surface area contributed by atoms with Gasteiger partial charge in [0, 0.05) is 12.1 Å². The SMILES string of the molecule is NC(CCS)C(=O)[O-].NC(CCS)C(=O)[O-].[Na+].[Na+]. The Bertz CT molecular complexity index is 203. The Kier molecular flexibility index (Phi) is 28.7. The molecule has 0 aromatic heterocycles. The summed E-state index contributed by atoms with van der Waals surface area (Å²) in [6.07, 6.45) is 0.733. The second kappa shape index (κ2) is 18.6. The van der Waals surface area contributed by atoms with Gasteiger partial charge in [-0.1, -0.05) is 0 Å². The van der Waals surface area contributed by atoms with Crippen molar-refractivity contribution in [3.8, 4) is 0 Å². The van der Waals surface area contributed by atoms with E-state index >= 15 is 0 Å². The maximum absolute atomic E-state index is 9.82. The summed E-state index contributed by atoms with van der Waals surface area (Å²) in [5.41, 5.74) is 10.0.